The third-order valence-corrected chi connectivity index (χ3v) is 3.79. The number of ether oxygens (including phenoxy) is 1. The number of para-hydroxylation sites is 1. The highest BCUT2D eigenvalue weighted by atomic mass is 16.5. The van der Waals surface area contributed by atoms with Crippen molar-refractivity contribution in [3.8, 4) is 5.75 Å². The SMILES string of the molecule is Cc1cc(OCc2ccccc2)c(C(=O)Nc2ccccc2)c(C)n1. The molecule has 0 bridgehead atoms. The monoisotopic (exact) mass is 332 g/mol. The zero-order valence-electron chi connectivity index (χ0n) is 14.3. The third kappa shape index (κ3) is 4.23. The molecule has 126 valence electrons. The van der Waals surface area contributed by atoms with Crippen molar-refractivity contribution in [2.75, 3.05) is 5.32 Å². The van der Waals surface area contributed by atoms with Gasteiger partial charge in [0.25, 0.3) is 5.91 Å². The van der Waals surface area contributed by atoms with Gasteiger partial charge >= 0.3 is 0 Å². The Labute approximate surface area is 147 Å². The summed E-state index contributed by atoms with van der Waals surface area (Å²) in [6.07, 6.45) is 0. The summed E-state index contributed by atoms with van der Waals surface area (Å²) in [4.78, 5) is 17.2. The van der Waals surface area contributed by atoms with Crippen LogP contribution in [0.15, 0.2) is 66.7 Å². The molecule has 1 amide bonds. The molecule has 0 fully saturated rings. The molecule has 1 heterocycles. The molecule has 0 spiro atoms. The first kappa shape index (κ1) is 16.7. The quantitative estimate of drug-likeness (QED) is 0.747. The summed E-state index contributed by atoms with van der Waals surface area (Å²) in [5, 5.41) is 2.90. The van der Waals surface area contributed by atoms with Crippen LogP contribution in [0.4, 0.5) is 5.69 Å². The van der Waals surface area contributed by atoms with E-state index in [1.807, 2.05) is 74.5 Å². The third-order valence-electron chi connectivity index (χ3n) is 3.79. The number of carbonyl (C=O) groups excluding carboxylic acids is 1. The molecule has 1 aromatic heterocycles. The number of nitrogens with one attached hydrogen (secondary N) is 1. The van der Waals surface area contributed by atoms with E-state index in [0.29, 0.717) is 23.6 Å². The van der Waals surface area contributed by atoms with E-state index in [0.717, 1.165) is 16.9 Å². The minimum atomic E-state index is -0.223. The molecule has 1 N–H and O–H groups in total. The Hall–Kier alpha value is -3.14. The molecule has 0 aliphatic heterocycles. The number of aryl methyl sites for hydroxylation is 2. The lowest BCUT2D eigenvalue weighted by atomic mass is 10.1. The molecular formula is C21H20N2O2. The zero-order valence-corrected chi connectivity index (χ0v) is 14.3. The molecule has 4 heteroatoms. The highest BCUT2D eigenvalue weighted by Gasteiger charge is 2.18. The number of nitrogens with zero attached hydrogens (tertiary/aromatic N) is 1. The fourth-order valence-corrected chi connectivity index (χ4v) is 2.63. The average Bonchev–Trinajstić information content (AvgIpc) is 2.61. The highest BCUT2D eigenvalue weighted by Crippen LogP contribution is 2.24. The van der Waals surface area contributed by atoms with E-state index in [4.69, 9.17) is 4.74 Å². The van der Waals surface area contributed by atoms with Crippen LogP contribution in [0, 0.1) is 13.8 Å². The Morgan fingerprint density at radius 3 is 2.32 bits per heavy atom. The van der Waals surface area contributed by atoms with Crippen molar-refractivity contribution in [2.24, 2.45) is 0 Å². The maximum atomic E-state index is 12.7. The van der Waals surface area contributed by atoms with E-state index in [2.05, 4.69) is 10.3 Å². The second kappa shape index (κ2) is 7.62. The Morgan fingerprint density at radius 2 is 1.64 bits per heavy atom. The molecule has 3 aromatic rings. The minimum Gasteiger partial charge on any atom is -0.488 e. The Morgan fingerprint density at radius 1 is 1.00 bits per heavy atom. The molecule has 0 aliphatic carbocycles. The smallest absolute Gasteiger partial charge is 0.261 e. The predicted octanol–water partition coefficient (Wildman–Crippen LogP) is 4.53. The van der Waals surface area contributed by atoms with Crippen LogP contribution in [0.25, 0.3) is 0 Å². The number of pyridine rings is 1. The molecule has 0 aliphatic rings. The average molecular weight is 332 g/mol. The number of benzene rings is 2. The van der Waals surface area contributed by atoms with Crippen molar-refractivity contribution in [3.63, 3.8) is 0 Å². The number of rotatable bonds is 5. The van der Waals surface area contributed by atoms with Crippen LogP contribution < -0.4 is 10.1 Å². The molecule has 2 aromatic carbocycles. The topological polar surface area (TPSA) is 51.2 Å². The van der Waals surface area contributed by atoms with Gasteiger partial charge in [-0.15, -0.1) is 0 Å². The molecule has 0 atom stereocenters. The number of carbonyl (C=O) groups is 1. The summed E-state index contributed by atoms with van der Waals surface area (Å²) >= 11 is 0. The molecule has 0 saturated heterocycles. The number of aromatic nitrogens is 1. The minimum absolute atomic E-state index is 0.223. The summed E-state index contributed by atoms with van der Waals surface area (Å²) in [6, 6.07) is 21.0. The van der Waals surface area contributed by atoms with Gasteiger partial charge in [0.05, 0.1) is 5.69 Å². The van der Waals surface area contributed by atoms with Crippen LogP contribution >= 0.6 is 0 Å². The normalized spacial score (nSPS) is 10.3. The zero-order chi connectivity index (χ0) is 17.6. The molecule has 0 unspecified atom stereocenters. The fourth-order valence-electron chi connectivity index (χ4n) is 2.63. The van der Waals surface area contributed by atoms with E-state index >= 15 is 0 Å². The van der Waals surface area contributed by atoms with Crippen molar-refractivity contribution < 1.29 is 9.53 Å². The Bertz CT molecular complexity index is 862. The first-order valence-electron chi connectivity index (χ1n) is 8.15. The number of anilines is 1. The van der Waals surface area contributed by atoms with Gasteiger partial charge in [-0.2, -0.15) is 0 Å². The van der Waals surface area contributed by atoms with Crippen LogP contribution in [-0.2, 0) is 6.61 Å². The van der Waals surface area contributed by atoms with Crippen LogP contribution in [-0.4, -0.2) is 10.9 Å². The predicted molar refractivity (Wildman–Crippen MR) is 98.9 cm³/mol. The first-order chi connectivity index (χ1) is 12.1. The van der Waals surface area contributed by atoms with Crippen LogP contribution in [0.2, 0.25) is 0 Å². The second-order valence-corrected chi connectivity index (χ2v) is 5.82. The van der Waals surface area contributed by atoms with E-state index in [1.54, 1.807) is 6.07 Å². The lowest BCUT2D eigenvalue weighted by molar-refractivity contribution is 0.102. The Balaban J connectivity index is 1.85. The van der Waals surface area contributed by atoms with Crippen molar-refractivity contribution in [1.82, 2.24) is 4.98 Å². The van der Waals surface area contributed by atoms with Crippen molar-refractivity contribution in [2.45, 2.75) is 20.5 Å². The van der Waals surface area contributed by atoms with Crippen molar-refractivity contribution >= 4 is 11.6 Å². The van der Waals surface area contributed by atoms with Gasteiger partial charge in [-0.3, -0.25) is 9.78 Å². The van der Waals surface area contributed by atoms with Gasteiger partial charge in [-0.1, -0.05) is 48.5 Å². The molecule has 0 saturated carbocycles. The number of hydrogen-bond acceptors (Lipinski definition) is 3. The summed E-state index contributed by atoms with van der Waals surface area (Å²) in [5.74, 6) is 0.321. The lowest BCUT2D eigenvalue weighted by Gasteiger charge is -2.14. The van der Waals surface area contributed by atoms with Crippen molar-refractivity contribution in [3.05, 3.63) is 89.2 Å². The van der Waals surface area contributed by atoms with Gasteiger partial charge in [-0.05, 0) is 31.5 Å². The van der Waals surface area contributed by atoms with Crippen LogP contribution in [0.3, 0.4) is 0 Å². The van der Waals surface area contributed by atoms with Gasteiger partial charge in [0.2, 0.25) is 0 Å². The molecule has 0 radical (unpaired) electrons. The maximum Gasteiger partial charge on any atom is 0.261 e. The van der Waals surface area contributed by atoms with E-state index in [1.165, 1.54) is 0 Å². The van der Waals surface area contributed by atoms with E-state index in [-0.39, 0.29) is 5.91 Å². The van der Waals surface area contributed by atoms with Crippen LogP contribution in [0.5, 0.6) is 5.75 Å². The summed E-state index contributed by atoms with van der Waals surface area (Å²) < 4.78 is 5.94. The van der Waals surface area contributed by atoms with Crippen LogP contribution in [0.1, 0.15) is 27.3 Å². The van der Waals surface area contributed by atoms with E-state index < -0.39 is 0 Å². The molecule has 3 rings (SSSR count). The van der Waals surface area contributed by atoms with Gasteiger partial charge < -0.3 is 10.1 Å². The van der Waals surface area contributed by atoms with Gasteiger partial charge in [0.15, 0.2) is 0 Å². The molecule has 25 heavy (non-hydrogen) atoms. The maximum absolute atomic E-state index is 12.7. The Kier molecular flexibility index (Phi) is 5.09. The van der Waals surface area contributed by atoms with Gasteiger partial charge in [0.1, 0.15) is 17.9 Å². The largest absolute Gasteiger partial charge is 0.488 e. The molecular weight excluding hydrogens is 312 g/mol. The van der Waals surface area contributed by atoms with Crippen molar-refractivity contribution in [1.29, 1.82) is 0 Å². The summed E-state index contributed by atoms with van der Waals surface area (Å²) in [5.41, 5.74) is 3.71. The lowest BCUT2D eigenvalue weighted by Crippen LogP contribution is -2.16. The standard InChI is InChI=1S/C21H20N2O2/c1-15-13-19(25-14-17-9-5-3-6-10-17)20(16(2)22-15)21(24)23-18-11-7-4-8-12-18/h3-13H,14H2,1-2H3,(H,23,24). The first-order valence-corrected chi connectivity index (χ1v) is 8.15. The number of hydrogen-bond donors (Lipinski definition) is 1. The fraction of sp³-hybridized carbons (Fsp3) is 0.143. The number of amides is 1. The highest BCUT2D eigenvalue weighted by molar-refractivity contribution is 6.07. The second-order valence-electron chi connectivity index (χ2n) is 5.82. The summed E-state index contributed by atoms with van der Waals surface area (Å²) in [6.45, 7) is 4.11. The van der Waals surface area contributed by atoms with E-state index in [9.17, 15) is 4.79 Å². The van der Waals surface area contributed by atoms with Gasteiger partial charge in [-0.25, -0.2) is 0 Å². The summed E-state index contributed by atoms with van der Waals surface area (Å²) in [7, 11) is 0. The van der Waals surface area contributed by atoms with Gasteiger partial charge in [0, 0.05) is 17.4 Å². The molecule has 4 nitrogen and oxygen atoms in total.